The molecule has 1 aliphatic rings. The maximum atomic E-state index is 12.8. The minimum absolute atomic E-state index is 0.0793. The second-order valence-electron chi connectivity index (χ2n) is 6.10. The van der Waals surface area contributed by atoms with Gasteiger partial charge in [-0.3, -0.25) is 9.69 Å². The molecule has 130 valence electrons. The molecule has 0 spiro atoms. The molecule has 0 radical (unpaired) electrons. The monoisotopic (exact) mass is 339 g/mol. The van der Waals surface area contributed by atoms with Crippen molar-refractivity contribution in [1.82, 2.24) is 10.2 Å². The molecule has 1 amide bonds. The van der Waals surface area contributed by atoms with Crippen LogP contribution in [0.15, 0.2) is 16.8 Å². The predicted octanol–water partition coefficient (Wildman–Crippen LogP) is 2.00. The highest BCUT2D eigenvalue weighted by Crippen LogP contribution is 2.30. The van der Waals surface area contributed by atoms with Crippen LogP contribution in [0, 0.1) is 5.41 Å². The molecule has 5 nitrogen and oxygen atoms in total. The van der Waals surface area contributed by atoms with Crippen molar-refractivity contribution in [3.05, 3.63) is 22.4 Å². The van der Waals surface area contributed by atoms with Gasteiger partial charge in [-0.15, -0.1) is 0 Å². The summed E-state index contributed by atoms with van der Waals surface area (Å²) in [5, 5.41) is 7.43. The number of ether oxygens (including phenoxy) is 1. The van der Waals surface area contributed by atoms with Gasteiger partial charge in [0, 0.05) is 26.3 Å². The molecule has 1 aliphatic heterocycles. The number of nitrogens with zero attached hydrogens (tertiary/aromatic N) is 1. The minimum atomic E-state index is -0.458. The molecule has 0 aliphatic carbocycles. The standard InChI is InChI=1S/C17H29N3O2S/c1-3-20(4-2)15(14-5-10-23-12-14)11-19-16(21)17(13-18)6-8-22-9-7-17/h5,10,12,15H,3-4,6-9,11,13,18H2,1-2H3,(H,19,21). The van der Waals surface area contributed by atoms with Gasteiger partial charge in [-0.05, 0) is 48.3 Å². The van der Waals surface area contributed by atoms with Gasteiger partial charge in [-0.1, -0.05) is 13.8 Å². The van der Waals surface area contributed by atoms with Crippen molar-refractivity contribution in [3.63, 3.8) is 0 Å². The quantitative estimate of drug-likeness (QED) is 0.760. The van der Waals surface area contributed by atoms with E-state index in [2.05, 4.69) is 40.9 Å². The van der Waals surface area contributed by atoms with Crippen LogP contribution >= 0.6 is 11.3 Å². The molecule has 23 heavy (non-hydrogen) atoms. The highest BCUT2D eigenvalue weighted by molar-refractivity contribution is 7.07. The van der Waals surface area contributed by atoms with Crippen molar-refractivity contribution in [2.45, 2.75) is 32.7 Å². The van der Waals surface area contributed by atoms with Crippen LogP contribution < -0.4 is 11.1 Å². The Hall–Kier alpha value is -0.950. The van der Waals surface area contributed by atoms with E-state index in [0.29, 0.717) is 39.1 Å². The van der Waals surface area contributed by atoms with Crippen molar-refractivity contribution in [2.75, 3.05) is 39.4 Å². The SMILES string of the molecule is CCN(CC)C(CNC(=O)C1(CN)CCOCC1)c1ccsc1. The van der Waals surface area contributed by atoms with Crippen LogP contribution in [0.2, 0.25) is 0 Å². The van der Waals surface area contributed by atoms with Crippen molar-refractivity contribution in [3.8, 4) is 0 Å². The Morgan fingerprint density at radius 1 is 1.43 bits per heavy atom. The van der Waals surface area contributed by atoms with Gasteiger partial charge in [0.2, 0.25) is 5.91 Å². The van der Waals surface area contributed by atoms with Crippen LogP contribution in [0.1, 0.15) is 38.3 Å². The zero-order valence-electron chi connectivity index (χ0n) is 14.2. The van der Waals surface area contributed by atoms with Crippen LogP contribution in [0.3, 0.4) is 0 Å². The fraction of sp³-hybridized carbons (Fsp3) is 0.706. The Bertz CT molecular complexity index is 468. The summed E-state index contributed by atoms with van der Waals surface area (Å²) in [7, 11) is 0. The first-order valence-electron chi connectivity index (χ1n) is 8.49. The van der Waals surface area contributed by atoms with Crippen molar-refractivity contribution >= 4 is 17.2 Å². The highest BCUT2D eigenvalue weighted by Gasteiger charge is 2.39. The molecule has 1 unspecified atom stereocenters. The third-order valence-electron chi connectivity index (χ3n) is 4.96. The van der Waals surface area contributed by atoms with E-state index in [0.717, 1.165) is 13.1 Å². The first-order valence-corrected chi connectivity index (χ1v) is 9.43. The number of hydrogen-bond acceptors (Lipinski definition) is 5. The number of nitrogens with one attached hydrogen (secondary N) is 1. The van der Waals surface area contributed by atoms with Crippen LogP contribution in [0.4, 0.5) is 0 Å². The predicted molar refractivity (Wildman–Crippen MR) is 94.5 cm³/mol. The van der Waals surface area contributed by atoms with E-state index in [9.17, 15) is 4.79 Å². The molecule has 1 aromatic rings. The number of hydrogen-bond donors (Lipinski definition) is 2. The first kappa shape index (κ1) is 18.4. The second-order valence-corrected chi connectivity index (χ2v) is 6.88. The van der Waals surface area contributed by atoms with Gasteiger partial charge in [0.05, 0.1) is 11.5 Å². The van der Waals surface area contributed by atoms with Crippen LogP contribution in [0.5, 0.6) is 0 Å². The van der Waals surface area contributed by atoms with Gasteiger partial charge < -0.3 is 15.8 Å². The van der Waals surface area contributed by atoms with Gasteiger partial charge in [0.25, 0.3) is 0 Å². The second kappa shape index (κ2) is 8.78. The summed E-state index contributed by atoms with van der Waals surface area (Å²) in [5.74, 6) is 0.0793. The summed E-state index contributed by atoms with van der Waals surface area (Å²) in [4.78, 5) is 15.1. The summed E-state index contributed by atoms with van der Waals surface area (Å²) in [6, 6.07) is 2.36. The zero-order valence-corrected chi connectivity index (χ0v) is 15.0. The number of thiophene rings is 1. The largest absolute Gasteiger partial charge is 0.381 e. The molecule has 6 heteroatoms. The van der Waals surface area contributed by atoms with Crippen molar-refractivity contribution in [2.24, 2.45) is 11.1 Å². The molecular weight excluding hydrogens is 310 g/mol. The van der Waals surface area contributed by atoms with E-state index < -0.39 is 5.41 Å². The van der Waals surface area contributed by atoms with Crippen molar-refractivity contribution in [1.29, 1.82) is 0 Å². The lowest BCUT2D eigenvalue weighted by Gasteiger charge is -2.36. The van der Waals surface area contributed by atoms with Crippen LogP contribution in [-0.4, -0.2) is 50.2 Å². The normalized spacial score (nSPS) is 18.8. The molecule has 1 atom stereocenters. The fourth-order valence-corrected chi connectivity index (χ4v) is 3.96. The Morgan fingerprint density at radius 3 is 2.65 bits per heavy atom. The number of amides is 1. The smallest absolute Gasteiger partial charge is 0.227 e. The van der Waals surface area contributed by atoms with E-state index in [1.54, 1.807) is 11.3 Å². The Kier molecular flexibility index (Phi) is 7.02. The third kappa shape index (κ3) is 4.32. The summed E-state index contributed by atoms with van der Waals surface area (Å²) < 4.78 is 5.39. The molecule has 2 heterocycles. The average molecular weight is 340 g/mol. The minimum Gasteiger partial charge on any atom is -0.381 e. The van der Waals surface area contributed by atoms with E-state index in [4.69, 9.17) is 10.5 Å². The van der Waals surface area contributed by atoms with Crippen LogP contribution in [-0.2, 0) is 9.53 Å². The molecule has 1 saturated heterocycles. The number of carbonyl (C=O) groups is 1. The number of nitrogens with two attached hydrogens (primary N) is 1. The fourth-order valence-electron chi connectivity index (χ4n) is 3.25. The molecule has 0 saturated carbocycles. The zero-order chi connectivity index (χ0) is 16.7. The maximum Gasteiger partial charge on any atom is 0.227 e. The molecule has 3 N–H and O–H groups in total. The van der Waals surface area contributed by atoms with E-state index in [1.165, 1.54) is 5.56 Å². The topological polar surface area (TPSA) is 67.6 Å². The molecular formula is C17H29N3O2S. The highest BCUT2D eigenvalue weighted by atomic mass is 32.1. The van der Waals surface area contributed by atoms with E-state index in [1.807, 2.05) is 0 Å². The number of carbonyl (C=O) groups excluding carboxylic acids is 1. The number of rotatable bonds is 8. The summed E-state index contributed by atoms with van der Waals surface area (Å²) in [6.45, 7) is 8.49. The van der Waals surface area contributed by atoms with Gasteiger partial charge >= 0.3 is 0 Å². The third-order valence-corrected chi connectivity index (χ3v) is 5.66. The molecule has 1 fully saturated rings. The lowest BCUT2D eigenvalue weighted by atomic mass is 9.79. The lowest BCUT2D eigenvalue weighted by molar-refractivity contribution is -0.136. The molecule has 2 rings (SSSR count). The van der Waals surface area contributed by atoms with Gasteiger partial charge in [0.1, 0.15) is 0 Å². The average Bonchev–Trinajstić information content (AvgIpc) is 3.13. The van der Waals surface area contributed by atoms with Gasteiger partial charge in [0.15, 0.2) is 0 Å². The molecule has 0 aromatic carbocycles. The Labute approximate surface area is 143 Å². The maximum absolute atomic E-state index is 12.8. The van der Waals surface area contributed by atoms with E-state index in [-0.39, 0.29) is 11.9 Å². The van der Waals surface area contributed by atoms with Gasteiger partial charge in [-0.25, -0.2) is 0 Å². The van der Waals surface area contributed by atoms with Gasteiger partial charge in [-0.2, -0.15) is 11.3 Å². The Morgan fingerprint density at radius 2 is 2.13 bits per heavy atom. The summed E-state index contributed by atoms with van der Waals surface area (Å²) in [6.07, 6.45) is 1.42. The Balaban J connectivity index is 2.04. The van der Waals surface area contributed by atoms with Crippen LogP contribution in [0.25, 0.3) is 0 Å². The first-order chi connectivity index (χ1) is 11.2. The van der Waals surface area contributed by atoms with E-state index >= 15 is 0 Å². The van der Waals surface area contributed by atoms with Crippen molar-refractivity contribution < 1.29 is 9.53 Å². The molecule has 1 aromatic heterocycles. The molecule has 0 bridgehead atoms. The lowest BCUT2D eigenvalue weighted by Crippen LogP contribution is -2.50. The summed E-state index contributed by atoms with van der Waals surface area (Å²) >= 11 is 1.70. The number of likely N-dealkylation sites (N-methyl/N-ethyl adjacent to an activating group) is 1. The summed E-state index contributed by atoms with van der Waals surface area (Å²) in [5.41, 5.74) is 6.74.